The zero-order valence-electron chi connectivity index (χ0n) is 13.8. The minimum Gasteiger partial charge on any atom is -0.466 e. The minimum absolute atomic E-state index is 0.0813. The maximum absolute atomic E-state index is 12.3. The summed E-state index contributed by atoms with van der Waals surface area (Å²) >= 11 is 0. The molecule has 0 spiro atoms. The lowest BCUT2D eigenvalue weighted by molar-refractivity contribution is -0.168. The molecule has 0 radical (unpaired) electrons. The summed E-state index contributed by atoms with van der Waals surface area (Å²) in [5.41, 5.74) is 1.49. The highest BCUT2D eigenvalue weighted by Crippen LogP contribution is 2.38. The number of allylic oxidation sites excluding steroid dienone is 1. The van der Waals surface area contributed by atoms with E-state index in [1.54, 1.807) is 6.92 Å². The Labute approximate surface area is 137 Å². The molecular weight excluding hydrogens is 292 g/mol. The zero-order valence-corrected chi connectivity index (χ0v) is 13.8. The average molecular weight is 316 g/mol. The maximum Gasteiger partial charge on any atom is 0.312 e. The summed E-state index contributed by atoms with van der Waals surface area (Å²) in [7, 11) is 0. The normalized spacial score (nSPS) is 21.2. The van der Waals surface area contributed by atoms with Gasteiger partial charge in [-0.25, -0.2) is 0 Å². The molecule has 1 aromatic carbocycles. The van der Waals surface area contributed by atoms with Gasteiger partial charge in [0.1, 0.15) is 0 Å². The highest BCUT2D eigenvalue weighted by Gasteiger charge is 2.43. The molecule has 1 atom stereocenters. The Hall–Kier alpha value is -2.10. The molecule has 0 N–H and O–H groups in total. The molecule has 2 rings (SSSR count). The predicted molar refractivity (Wildman–Crippen MR) is 88.7 cm³/mol. The van der Waals surface area contributed by atoms with Crippen molar-refractivity contribution >= 4 is 18.0 Å². The zero-order chi connectivity index (χ0) is 16.7. The van der Waals surface area contributed by atoms with Crippen molar-refractivity contribution in [1.29, 1.82) is 0 Å². The standard InChI is InChI=1S/C19H24O4/c1-3-22-17(20)14-19(12-5-13-23-18(19)21)11-4-6-16-9-7-15(2)8-10-16/h4,6-10H,3,5,11-14H2,1-2H3/b6-4+/t19-/m0/s1. The molecule has 1 heterocycles. The minimum atomic E-state index is -0.786. The summed E-state index contributed by atoms with van der Waals surface area (Å²) in [6.07, 6.45) is 5.94. The fourth-order valence-electron chi connectivity index (χ4n) is 2.84. The molecule has 1 fully saturated rings. The molecule has 0 amide bonds. The van der Waals surface area contributed by atoms with Crippen LogP contribution in [0.25, 0.3) is 6.08 Å². The van der Waals surface area contributed by atoms with Crippen LogP contribution in [0, 0.1) is 12.3 Å². The van der Waals surface area contributed by atoms with Crippen LogP contribution in [-0.4, -0.2) is 25.2 Å². The first-order chi connectivity index (χ1) is 11.1. The van der Waals surface area contributed by atoms with E-state index in [2.05, 4.69) is 0 Å². The molecular formula is C19H24O4. The van der Waals surface area contributed by atoms with Gasteiger partial charge in [-0.3, -0.25) is 9.59 Å². The molecule has 1 aliphatic rings. The topological polar surface area (TPSA) is 52.6 Å². The fraction of sp³-hybridized carbons (Fsp3) is 0.474. The maximum atomic E-state index is 12.3. The molecule has 23 heavy (non-hydrogen) atoms. The average Bonchev–Trinajstić information content (AvgIpc) is 2.52. The Morgan fingerprint density at radius 1 is 1.35 bits per heavy atom. The predicted octanol–water partition coefficient (Wildman–Crippen LogP) is 3.67. The third-order valence-corrected chi connectivity index (χ3v) is 4.15. The van der Waals surface area contributed by atoms with Gasteiger partial charge in [-0.05, 0) is 38.7 Å². The molecule has 0 bridgehead atoms. The number of cyclic esters (lactones) is 1. The van der Waals surface area contributed by atoms with Crippen molar-refractivity contribution in [2.45, 2.75) is 39.5 Å². The van der Waals surface area contributed by atoms with Gasteiger partial charge in [-0.15, -0.1) is 0 Å². The number of esters is 2. The number of aryl methyl sites for hydroxylation is 1. The largest absolute Gasteiger partial charge is 0.466 e. The SMILES string of the molecule is CCOC(=O)C[C@]1(C/C=C/c2ccc(C)cc2)CCCOC1=O. The van der Waals surface area contributed by atoms with Crippen LogP contribution >= 0.6 is 0 Å². The summed E-state index contributed by atoms with van der Waals surface area (Å²) in [4.78, 5) is 24.2. The molecule has 0 saturated carbocycles. The van der Waals surface area contributed by atoms with Crippen LogP contribution < -0.4 is 0 Å². The van der Waals surface area contributed by atoms with Crippen molar-refractivity contribution in [3.63, 3.8) is 0 Å². The second-order valence-corrected chi connectivity index (χ2v) is 6.02. The molecule has 124 valence electrons. The molecule has 0 aliphatic carbocycles. The first-order valence-corrected chi connectivity index (χ1v) is 8.12. The highest BCUT2D eigenvalue weighted by molar-refractivity contribution is 5.84. The van der Waals surface area contributed by atoms with E-state index < -0.39 is 5.41 Å². The van der Waals surface area contributed by atoms with Crippen LogP contribution in [0.2, 0.25) is 0 Å². The Bertz CT molecular complexity index is 574. The summed E-state index contributed by atoms with van der Waals surface area (Å²) in [5.74, 6) is -0.625. The molecule has 1 aliphatic heterocycles. The van der Waals surface area contributed by atoms with Gasteiger partial charge in [0.15, 0.2) is 0 Å². The van der Waals surface area contributed by atoms with Gasteiger partial charge in [0.25, 0.3) is 0 Å². The van der Waals surface area contributed by atoms with E-state index in [-0.39, 0.29) is 18.4 Å². The van der Waals surface area contributed by atoms with Crippen molar-refractivity contribution < 1.29 is 19.1 Å². The molecule has 0 unspecified atom stereocenters. The van der Waals surface area contributed by atoms with Crippen LogP contribution in [-0.2, 0) is 19.1 Å². The summed E-state index contributed by atoms with van der Waals surface area (Å²) < 4.78 is 10.2. The molecule has 1 aromatic rings. The van der Waals surface area contributed by atoms with E-state index in [1.807, 2.05) is 43.3 Å². The Kier molecular flexibility index (Phi) is 5.97. The van der Waals surface area contributed by atoms with Gasteiger partial charge < -0.3 is 9.47 Å². The lowest BCUT2D eigenvalue weighted by Gasteiger charge is -2.33. The van der Waals surface area contributed by atoms with E-state index in [9.17, 15) is 9.59 Å². The van der Waals surface area contributed by atoms with Gasteiger partial charge in [-0.2, -0.15) is 0 Å². The molecule has 4 heteroatoms. The lowest BCUT2D eigenvalue weighted by atomic mass is 9.75. The van der Waals surface area contributed by atoms with Crippen molar-refractivity contribution in [1.82, 2.24) is 0 Å². The number of benzene rings is 1. The van der Waals surface area contributed by atoms with E-state index in [4.69, 9.17) is 9.47 Å². The molecule has 4 nitrogen and oxygen atoms in total. The van der Waals surface area contributed by atoms with Crippen molar-refractivity contribution in [3.05, 3.63) is 41.5 Å². The van der Waals surface area contributed by atoms with Crippen LogP contribution in [0.15, 0.2) is 30.3 Å². The van der Waals surface area contributed by atoms with Crippen LogP contribution in [0.5, 0.6) is 0 Å². The van der Waals surface area contributed by atoms with E-state index in [0.29, 0.717) is 26.1 Å². The van der Waals surface area contributed by atoms with Crippen LogP contribution in [0.4, 0.5) is 0 Å². The number of hydrogen-bond donors (Lipinski definition) is 0. The quantitative estimate of drug-likeness (QED) is 0.751. The van der Waals surface area contributed by atoms with Gasteiger partial charge in [0.05, 0.1) is 25.0 Å². The summed E-state index contributed by atoms with van der Waals surface area (Å²) in [5, 5.41) is 0. The van der Waals surface area contributed by atoms with Crippen molar-refractivity contribution in [3.8, 4) is 0 Å². The molecule has 0 aromatic heterocycles. The lowest BCUT2D eigenvalue weighted by Crippen LogP contribution is -2.39. The van der Waals surface area contributed by atoms with Gasteiger partial charge >= 0.3 is 11.9 Å². The summed E-state index contributed by atoms with van der Waals surface area (Å²) in [6, 6.07) is 8.15. The molecule has 1 saturated heterocycles. The van der Waals surface area contributed by atoms with Crippen molar-refractivity contribution in [2.75, 3.05) is 13.2 Å². The van der Waals surface area contributed by atoms with Gasteiger partial charge in [0, 0.05) is 0 Å². The van der Waals surface area contributed by atoms with E-state index in [0.717, 1.165) is 12.0 Å². The highest BCUT2D eigenvalue weighted by atomic mass is 16.5. The first kappa shape index (κ1) is 17.3. The second-order valence-electron chi connectivity index (χ2n) is 6.02. The monoisotopic (exact) mass is 316 g/mol. The van der Waals surface area contributed by atoms with Crippen LogP contribution in [0.1, 0.15) is 43.7 Å². The fourth-order valence-corrected chi connectivity index (χ4v) is 2.84. The summed E-state index contributed by atoms with van der Waals surface area (Å²) in [6.45, 7) is 4.56. The first-order valence-electron chi connectivity index (χ1n) is 8.12. The number of hydrogen-bond acceptors (Lipinski definition) is 4. The van der Waals surface area contributed by atoms with Gasteiger partial charge in [-0.1, -0.05) is 42.0 Å². The second kappa shape index (κ2) is 7.95. The van der Waals surface area contributed by atoms with E-state index >= 15 is 0 Å². The number of carbonyl (C=O) groups excluding carboxylic acids is 2. The Morgan fingerprint density at radius 3 is 2.74 bits per heavy atom. The Balaban J connectivity index is 2.09. The Morgan fingerprint density at radius 2 is 2.09 bits per heavy atom. The van der Waals surface area contributed by atoms with Crippen LogP contribution in [0.3, 0.4) is 0 Å². The number of rotatable bonds is 6. The number of ether oxygens (including phenoxy) is 2. The third-order valence-electron chi connectivity index (χ3n) is 4.15. The van der Waals surface area contributed by atoms with E-state index in [1.165, 1.54) is 5.56 Å². The number of carbonyl (C=O) groups is 2. The van der Waals surface area contributed by atoms with Crippen molar-refractivity contribution in [2.24, 2.45) is 5.41 Å². The smallest absolute Gasteiger partial charge is 0.312 e. The van der Waals surface area contributed by atoms with Gasteiger partial charge in [0.2, 0.25) is 0 Å². The third kappa shape index (κ3) is 4.68.